The van der Waals surface area contributed by atoms with E-state index < -0.39 is 9.84 Å². The molecule has 0 aliphatic heterocycles. The van der Waals surface area contributed by atoms with Crippen molar-refractivity contribution in [2.24, 2.45) is 0 Å². The van der Waals surface area contributed by atoms with Crippen LogP contribution in [-0.2, 0) is 9.84 Å². The lowest BCUT2D eigenvalue weighted by molar-refractivity contribution is 0.0940. The van der Waals surface area contributed by atoms with Crippen LogP contribution in [0.2, 0.25) is 0 Å². The number of carbonyl (C=O) groups is 1. The van der Waals surface area contributed by atoms with Crippen LogP contribution in [0.15, 0.2) is 53.4 Å². The van der Waals surface area contributed by atoms with Gasteiger partial charge in [0.05, 0.1) is 23.3 Å². The summed E-state index contributed by atoms with van der Waals surface area (Å²) in [5, 5.41) is 2.91. The smallest absolute Gasteiger partial charge is 0.251 e. The predicted octanol–water partition coefficient (Wildman–Crippen LogP) is 3.37. The van der Waals surface area contributed by atoms with Crippen molar-refractivity contribution >= 4 is 15.7 Å². The first-order valence-electron chi connectivity index (χ1n) is 8.23. The summed E-state index contributed by atoms with van der Waals surface area (Å²) in [5.74, 6) is 0.576. The van der Waals surface area contributed by atoms with E-state index in [1.54, 1.807) is 6.92 Å². The molecule has 0 spiro atoms. The highest BCUT2D eigenvalue weighted by Crippen LogP contribution is 2.18. The van der Waals surface area contributed by atoms with Crippen LogP contribution in [0.3, 0.4) is 0 Å². The van der Waals surface area contributed by atoms with Gasteiger partial charge in [0.2, 0.25) is 0 Å². The Morgan fingerprint density at radius 1 is 1.04 bits per heavy atom. The van der Waals surface area contributed by atoms with Gasteiger partial charge >= 0.3 is 0 Å². The monoisotopic (exact) mass is 361 g/mol. The molecule has 1 N–H and O–H groups in total. The number of benzene rings is 2. The second-order valence-corrected chi connectivity index (χ2v) is 7.90. The minimum Gasteiger partial charge on any atom is -0.494 e. The third-order valence-electron chi connectivity index (χ3n) is 3.89. The highest BCUT2D eigenvalue weighted by Gasteiger charge is 2.14. The maximum absolute atomic E-state index is 12.3. The van der Waals surface area contributed by atoms with Gasteiger partial charge in [-0.25, -0.2) is 8.42 Å². The van der Waals surface area contributed by atoms with Gasteiger partial charge in [0.25, 0.3) is 5.91 Å². The molecule has 25 heavy (non-hydrogen) atoms. The van der Waals surface area contributed by atoms with E-state index in [2.05, 4.69) is 5.32 Å². The molecule has 1 atom stereocenters. The largest absolute Gasteiger partial charge is 0.494 e. The van der Waals surface area contributed by atoms with Gasteiger partial charge in [-0.1, -0.05) is 19.1 Å². The molecule has 0 radical (unpaired) electrons. The number of rotatable bonds is 7. The molecule has 2 aromatic rings. The van der Waals surface area contributed by atoms with E-state index in [1.165, 1.54) is 24.3 Å². The number of sulfone groups is 1. The summed E-state index contributed by atoms with van der Waals surface area (Å²) >= 11 is 0. The van der Waals surface area contributed by atoms with Crippen LogP contribution in [0.5, 0.6) is 5.75 Å². The normalized spacial score (nSPS) is 12.4. The SMILES string of the molecule is CCOc1ccc(C(C)NC(=O)c2ccc(S(=O)(=O)CC)cc2)cc1. The van der Waals surface area contributed by atoms with Gasteiger partial charge in [-0.3, -0.25) is 4.79 Å². The first-order valence-corrected chi connectivity index (χ1v) is 9.89. The molecule has 134 valence electrons. The lowest BCUT2D eigenvalue weighted by Crippen LogP contribution is -2.26. The zero-order valence-corrected chi connectivity index (χ0v) is 15.5. The summed E-state index contributed by atoms with van der Waals surface area (Å²) in [4.78, 5) is 12.6. The van der Waals surface area contributed by atoms with Crippen LogP contribution in [0.1, 0.15) is 42.7 Å². The van der Waals surface area contributed by atoms with Gasteiger partial charge in [-0.2, -0.15) is 0 Å². The van der Waals surface area contributed by atoms with Crippen molar-refractivity contribution in [1.29, 1.82) is 0 Å². The van der Waals surface area contributed by atoms with Crippen LogP contribution >= 0.6 is 0 Å². The van der Waals surface area contributed by atoms with Crippen LogP contribution in [0.25, 0.3) is 0 Å². The van der Waals surface area contributed by atoms with Crippen LogP contribution in [0.4, 0.5) is 0 Å². The molecule has 0 bridgehead atoms. The molecule has 2 aromatic carbocycles. The second-order valence-electron chi connectivity index (χ2n) is 5.62. The van der Waals surface area contributed by atoms with Crippen molar-refractivity contribution < 1.29 is 17.9 Å². The van der Waals surface area contributed by atoms with Crippen molar-refractivity contribution in [2.75, 3.05) is 12.4 Å². The van der Waals surface area contributed by atoms with Gasteiger partial charge < -0.3 is 10.1 Å². The number of hydrogen-bond acceptors (Lipinski definition) is 4. The molecule has 2 rings (SSSR count). The Kier molecular flexibility index (Phi) is 6.20. The number of hydrogen-bond donors (Lipinski definition) is 1. The van der Waals surface area contributed by atoms with Crippen molar-refractivity contribution in [3.63, 3.8) is 0 Å². The molecule has 0 heterocycles. The number of ether oxygens (including phenoxy) is 1. The maximum atomic E-state index is 12.3. The highest BCUT2D eigenvalue weighted by molar-refractivity contribution is 7.91. The van der Waals surface area contributed by atoms with E-state index in [9.17, 15) is 13.2 Å². The minimum atomic E-state index is -3.26. The Labute approximate surface area is 148 Å². The van der Waals surface area contributed by atoms with E-state index in [1.807, 2.05) is 38.1 Å². The fourth-order valence-corrected chi connectivity index (χ4v) is 3.25. The van der Waals surface area contributed by atoms with E-state index >= 15 is 0 Å². The first-order chi connectivity index (χ1) is 11.9. The van der Waals surface area contributed by atoms with Crippen molar-refractivity contribution in [3.8, 4) is 5.75 Å². The molecule has 0 aliphatic carbocycles. The van der Waals surface area contributed by atoms with Gasteiger partial charge in [-0.05, 0) is 55.8 Å². The highest BCUT2D eigenvalue weighted by atomic mass is 32.2. The summed E-state index contributed by atoms with van der Waals surface area (Å²) in [5.41, 5.74) is 1.38. The van der Waals surface area contributed by atoms with E-state index in [-0.39, 0.29) is 22.6 Å². The lowest BCUT2D eigenvalue weighted by atomic mass is 10.1. The van der Waals surface area contributed by atoms with Gasteiger partial charge in [0.15, 0.2) is 9.84 Å². The average molecular weight is 361 g/mol. The molecule has 0 saturated carbocycles. The summed E-state index contributed by atoms with van der Waals surface area (Å²) < 4.78 is 29.0. The number of nitrogens with one attached hydrogen (secondary N) is 1. The average Bonchev–Trinajstić information content (AvgIpc) is 2.62. The molecular formula is C19H23NO4S. The molecule has 1 amide bonds. The van der Waals surface area contributed by atoms with E-state index in [4.69, 9.17) is 4.74 Å². The second kappa shape index (κ2) is 8.16. The third-order valence-corrected chi connectivity index (χ3v) is 5.64. The van der Waals surface area contributed by atoms with Crippen LogP contribution < -0.4 is 10.1 Å². The van der Waals surface area contributed by atoms with Gasteiger partial charge in [-0.15, -0.1) is 0 Å². The van der Waals surface area contributed by atoms with Gasteiger partial charge in [0.1, 0.15) is 5.75 Å². The summed E-state index contributed by atoms with van der Waals surface area (Å²) in [6, 6.07) is 13.4. The van der Waals surface area contributed by atoms with Crippen LogP contribution in [-0.4, -0.2) is 26.7 Å². The number of amides is 1. The quantitative estimate of drug-likeness (QED) is 0.821. The van der Waals surface area contributed by atoms with E-state index in [0.717, 1.165) is 11.3 Å². The molecule has 1 unspecified atom stereocenters. The molecule has 6 heteroatoms. The molecule has 5 nitrogen and oxygen atoms in total. The van der Waals surface area contributed by atoms with Gasteiger partial charge in [0, 0.05) is 5.56 Å². The standard InChI is InChI=1S/C19H23NO4S/c1-4-24-17-10-6-15(7-11-17)14(3)20-19(21)16-8-12-18(13-9-16)25(22,23)5-2/h6-14H,4-5H2,1-3H3,(H,20,21). The van der Waals surface area contributed by atoms with E-state index in [0.29, 0.717) is 12.2 Å². The predicted molar refractivity (Wildman–Crippen MR) is 97.7 cm³/mol. The summed E-state index contributed by atoms with van der Waals surface area (Å²) in [7, 11) is -3.26. The fourth-order valence-electron chi connectivity index (χ4n) is 2.36. The first kappa shape index (κ1) is 19.0. The molecule has 0 aliphatic rings. The van der Waals surface area contributed by atoms with Crippen molar-refractivity contribution in [1.82, 2.24) is 5.32 Å². The Morgan fingerprint density at radius 3 is 2.16 bits per heavy atom. The molecule has 0 saturated heterocycles. The maximum Gasteiger partial charge on any atom is 0.251 e. The van der Waals surface area contributed by atoms with Crippen molar-refractivity contribution in [2.45, 2.75) is 31.7 Å². The third kappa shape index (κ3) is 4.82. The van der Waals surface area contributed by atoms with Crippen molar-refractivity contribution in [3.05, 3.63) is 59.7 Å². The van der Waals surface area contributed by atoms with Crippen LogP contribution in [0, 0.1) is 0 Å². The Hall–Kier alpha value is -2.34. The Balaban J connectivity index is 2.05. The fraction of sp³-hybridized carbons (Fsp3) is 0.316. The molecular weight excluding hydrogens is 338 g/mol. The minimum absolute atomic E-state index is 0.0350. The number of carbonyl (C=O) groups excluding carboxylic acids is 1. The lowest BCUT2D eigenvalue weighted by Gasteiger charge is -2.15. The zero-order valence-electron chi connectivity index (χ0n) is 14.7. The Bertz CT molecular complexity index is 812. The summed E-state index contributed by atoms with van der Waals surface area (Å²) in [6.45, 7) is 6.01. The summed E-state index contributed by atoms with van der Waals surface area (Å²) in [6.07, 6.45) is 0. The Morgan fingerprint density at radius 2 is 1.64 bits per heavy atom. The molecule has 0 fully saturated rings. The zero-order chi connectivity index (χ0) is 18.4. The topological polar surface area (TPSA) is 72.5 Å². The molecule has 0 aromatic heterocycles.